The number of nitro benzene ring substituents is 1. The Hall–Kier alpha value is -3.88. The second-order valence-corrected chi connectivity index (χ2v) is 5.87. The topological polar surface area (TPSA) is 117 Å². The number of hydrogen-bond acceptors (Lipinski definition) is 7. The number of esters is 1. The third-order valence-electron chi connectivity index (χ3n) is 4.05. The van der Waals surface area contributed by atoms with Gasteiger partial charge in [0.1, 0.15) is 0 Å². The molecule has 2 aromatic carbocycles. The van der Waals surface area contributed by atoms with E-state index in [2.05, 4.69) is 10.1 Å². The molecule has 0 spiro atoms. The molecule has 0 radical (unpaired) electrons. The number of nitrogens with zero attached hydrogens (tertiary/aromatic N) is 1. The molecule has 0 saturated carbocycles. The summed E-state index contributed by atoms with van der Waals surface area (Å²) in [7, 11) is 1.27. The van der Waals surface area contributed by atoms with Crippen LogP contribution in [-0.4, -0.2) is 30.7 Å². The van der Waals surface area contributed by atoms with Crippen LogP contribution in [0.5, 0.6) is 11.5 Å². The first-order valence-corrected chi connectivity index (χ1v) is 8.15. The van der Waals surface area contributed by atoms with Crippen molar-refractivity contribution in [2.75, 3.05) is 19.2 Å². The lowest BCUT2D eigenvalue weighted by molar-refractivity contribution is -0.385. The largest absolute Gasteiger partial charge is 0.465 e. The Bertz CT molecular complexity index is 998. The molecule has 1 amide bonds. The van der Waals surface area contributed by atoms with Crippen LogP contribution in [0.4, 0.5) is 11.4 Å². The predicted molar refractivity (Wildman–Crippen MR) is 99.4 cm³/mol. The van der Waals surface area contributed by atoms with Crippen molar-refractivity contribution in [1.29, 1.82) is 0 Å². The zero-order chi connectivity index (χ0) is 20.3. The number of amides is 1. The Morgan fingerprint density at radius 1 is 1.21 bits per heavy atom. The van der Waals surface area contributed by atoms with Crippen molar-refractivity contribution in [2.45, 2.75) is 6.92 Å². The molecule has 0 unspecified atom stereocenters. The van der Waals surface area contributed by atoms with Crippen LogP contribution in [0.1, 0.15) is 21.5 Å². The summed E-state index contributed by atoms with van der Waals surface area (Å²) in [5, 5.41) is 13.9. The normalized spacial score (nSPS) is 12.1. The van der Waals surface area contributed by atoms with Gasteiger partial charge in [0.15, 0.2) is 11.5 Å². The van der Waals surface area contributed by atoms with E-state index in [9.17, 15) is 19.7 Å². The number of aryl methyl sites for hydroxylation is 1. The molecule has 144 valence electrons. The smallest absolute Gasteiger partial charge is 0.337 e. The lowest BCUT2D eigenvalue weighted by Gasteiger charge is -2.08. The van der Waals surface area contributed by atoms with Crippen LogP contribution in [0.3, 0.4) is 0 Å². The third kappa shape index (κ3) is 3.93. The Labute approximate surface area is 159 Å². The monoisotopic (exact) mass is 384 g/mol. The molecule has 0 bridgehead atoms. The highest BCUT2D eigenvalue weighted by Crippen LogP contribution is 2.38. The van der Waals surface area contributed by atoms with Gasteiger partial charge < -0.3 is 19.5 Å². The summed E-state index contributed by atoms with van der Waals surface area (Å²) in [6.45, 7) is 1.75. The SMILES string of the molecule is COC(=O)c1ccc(C)c(NC(=O)C=Cc2cc3c(cc2[N+](=O)[O-])OCO3)c1. The standard InChI is InChI=1S/C19H16N2O7/c1-11-3-4-13(19(23)26-2)7-14(11)20-18(22)6-5-12-8-16-17(28-10-27-16)9-15(12)21(24)25/h3-9H,10H2,1-2H3,(H,20,22). The molecule has 1 aliphatic heterocycles. The summed E-state index contributed by atoms with van der Waals surface area (Å²) >= 11 is 0. The minimum Gasteiger partial charge on any atom is -0.465 e. The average molecular weight is 384 g/mol. The number of carbonyl (C=O) groups is 2. The maximum Gasteiger partial charge on any atom is 0.337 e. The number of benzene rings is 2. The van der Waals surface area contributed by atoms with Crippen LogP contribution in [0.25, 0.3) is 6.08 Å². The second kappa shape index (κ2) is 7.78. The van der Waals surface area contributed by atoms with Crippen LogP contribution < -0.4 is 14.8 Å². The van der Waals surface area contributed by atoms with Crippen molar-refractivity contribution in [3.8, 4) is 11.5 Å². The summed E-state index contributed by atoms with van der Waals surface area (Å²) in [6, 6.07) is 7.45. The van der Waals surface area contributed by atoms with Gasteiger partial charge in [-0.25, -0.2) is 4.79 Å². The van der Waals surface area contributed by atoms with E-state index < -0.39 is 16.8 Å². The minimum atomic E-state index is -0.566. The Balaban J connectivity index is 1.82. The molecule has 3 rings (SSSR count). The minimum absolute atomic E-state index is 0.0179. The van der Waals surface area contributed by atoms with Crippen molar-refractivity contribution in [3.05, 3.63) is 63.2 Å². The van der Waals surface area contributed by atoms with E-state index in [1.165, 1.54) is 31.4 Å². The first-order valence-electron chi connectivity index (χ1n) is 8.15. The fourth-order valence-corrected chi connectivity index (χ4v) is 2.58. The molecule has 0 saturated heterocycles. The highest BCUT2D eigenvalue weighted by Gasteiger charge is 2.22. The van der Waals surface area contributed by atoms with Crippen LogP contribution in [-0.2, 0) is 9.53 Å². The zero-order valence-electron chi connectivity index (χ0n) is 15.1. The third-order valence-corrected chi connectivity index (χ3v) is 4.05. The quantitative estimate of drug-likeness (QED) is 0.364. The van der Waals surface area contributed by atoms with Gasteiger partial charge in [-0.2, -0.15) is 0 Å². The van der Waals surface area contributed by atoms with E-state index in [0.717, 1.165) is 11.6 Å². The molecule has 28 heavy (non-hydrogen) atoms. The number of rotatable bonds is 5. The van der Waals surface area contributed by atoms with E-state index in [1.54, 1.807) is 19.1 Å². The number of anilines is 1. The summed E-state index contributed by atoms with van der Waals surface area (Å²) in [6.07, 6.45) is 2.48. The molecular formula is C19H16N2O7. The number of fused-ring (bicyclic) bond motifs is 1. The van der Waals surface area contributed by atoms with E-state index in [0.29, 0.717) is 17.0 Å². The fourth-order valence-electron chi connectivity index (χ4n) is 2.58. The molecule has 0 atom stereocenters. The van der Waals surface area contributed by atoms with E-state index in [1.807, 2.05) is 0 Å². The molecular weight excluding hydrogens is 368 g/mol. The van der Waals surface area contributed by atoms with Gasteiger partial charge in [0.25, 0.3) is 5.69 Å². The van der Waals surface area contributed by atoms with E-state index >= 15 is 0 Å². The molecule has 1 heterocycles. The van der Waals surface area contributed by atoms with Crippen molar-refractivity contribution in [3.63, 3.8) is 0 Å². The van der Waals surface area contributed by atoms with Gasteiger partial charge in [-0.05, 0) is 36.8 Å². The summed E-state index contributed by atoms with van der Waals surface area (Å²) in [4.78, 5) is 34.6. The van der Waals surface area contributed by atoms with Crippen molar-refractivity contribution in [1.82, 2.24) is 0 Å². The lowest BCUT2D eigenvalue weighted by Crippen LogP contribution is -2.10. The Morgan fingerprint density at radius 2 is 1.93 bits per heavy atom. The summed E-state index contributed by atoms with van der Waals surface area (Å²) in [5.41, 5.74) is 1.45. The Kier molecular flexibility index (Phi) is 5.25. The maximum atomic E-state index is 12.3. The molecule has 1 N–H and O–H groups in total. The zero-order valence-corrected chi connectivity index (χ0v) is 15.1. The van der Waals surface area contributed by atoms with Crippen LogP contribution in [0, 0.1) is 17.0 Å². The van der Waals surface area contributed by atoms with Crippen LogP contribution in [0.2, 0.25) is 0 Å². The summed E-state index contributed by atoms with van der Waals surface area (Å²) in [5.74, 6) is -0.394. The number of carbonyl (C=O) groups excluding carboxylic acids is 2. The first-order chi connectivity index (χ1) is 13.4. The molecule has 0 fully saturated rings. The molecule has 9 heteroatoms. The van der Waals surface area contributed by atoms with Crippen molar-refractivity contribution >= 4 is 29.3 Å². The number of methoxy groups -OCH3 is 1. The lowest BCUT2D eigenvalue weighted by atomic mass is 10.1. The van der Waals surface area contributed by atoms with Gasteiger partial charge >= 0.3 is 5.97 Å². The predicted octanol–water partition coefficient (Wildman–Crippen LogP) is 3.07. The Morgan fingerprint density at radius 3 is 2.61 bits per heavy atom. The van der Waals surface area contributed by atoms with Gasteiger partial charge in [-0.15, -0.1) is 0 Å². The molecule has 2 aromatic rings. The number of nitrogens with one attached hydrogen (secondary N) is 1. The molecule has 9 nitrogen and oxygen atoms in total. The van der Waals surface area contributed by atoms with Crippen LogP contribution >= 0.6 is 0 Å². The number of hydrogen-bond donors (Lipinski definition) is 1. The van der Waals surface area contributed by atoms with Gasteiger partial charge in [0.05, 0.1) is 29.2 Å². The highest BCUT2D eigenvalue weighted by molar-refractivity contribution is 6.03. The van der Waals surface area contributed by atoms with Crippen molar-refractivity contribution in [2.24, 2.45) is 0 Å². The van der Waals surface area contributed by atoms with Gasteiger partial charge in [-0.1, -0.05) is 6.07 Å². The van der Waals surface area contributed by atoms with Gasteiger partial charge in [0.2, 0.25) is 12.7 Å². The van der Waals surface area contributed by atoms with E-state index in [-0.39, 0.29) is 23.8 Å². The molecule has 0 aliphatic carbocycles. The average Bonchev–Trinajstić information content (AvgIpc) is 3.14. The van der Waals surface area contributed by atoms with Crippen molar-refractivity contribution < 1.29 is 28.7 Å². The maximum absolute atomic E-state index is 12.3. The fraction of sp³-hybridized carbons (Fsp3) is 0.158. The number of nitro groups is 1. The number of ether oxygens (including phenoxy) is 3. The molecule has 0 aromatic heterocycles. The van der Waals surface area contributed by atoms with Crippen LogP contribution in [0.15, 0.2) is 36.4 Å². The highest BCUT2D eigenvalue weighted by atomic mass is 16.7. The summed E-state index contributed by atoms with van der Waals surface area (Å²) < 4.78 is 15.0. The second-order valence-electron chi connectivity index (χ2n) is 5.87. The molecule has 1 aliphatic rings. The first kappa shape index (κ1) is 18.9. The van der Waals surface area contributed by atoms with Gasteiger partial charge in [0, 0.05) is 11.8 Å². The van der Waals surface area contributed by atoms with E-state index in [4.69, 9.17) is 9.47 Å². The van der Waals surface area contributed by atoms with Gasteiger partial charge in [-0.3, -0.25) is 14.9 Å².